The Morgan fingerprint density at radius 1 is 0.761 bits per heavy atom. The van der Waals surface area contributed by atoms with Gasteiger partial charge in [0.15, 0.2) is 6.20 Å². The summed E-state index contributed by atoms with van der Waals surface area (Å²) in [5.41, 5.74) is 1.99. The monoisotopic (exact) mass is 762 g/mol. The van der Waals surface area contributed by atoms with Gasteiger partial charge in [-0.2, -0.15) is 0 Å². The molecule has 0 fully saturated rings. The van der Waals surface area contributed by atoms with Crippen LogP contribution in [0.3, 0.4) is 0 Å². The Morgan fingerprint density at radius 3 is 2.02 bits per heavy atom. The molecular weight excluding hydrogens is 711 g/mol. The zero-order valence-electron chi connectivity index (χ0n) is 27.7. The third-order valence-electron chi connectivity index (χ3n) is 7.92. The average molecular weight is 763 g/mol. The zero-order chi connectivity index (χ0) is 32.1. The molecule has 46 heavy (non-hydrogen) atoms. The Balaban J connectivity index is 0.00000736. The van der Waals surface area contributed by atoms with Gasteiger partial charge in [-0.3, -0.25) is 4.79 Å². The zero-order valence-corrected chi connectivity index (χ0v) is 30.6. The molecule has 0 saturated heterocycles. The number of amides is 2. The SMILES string of the molecule is CCCCCCCCCCCCCCOc1ccc(COC(=O)N(Cc2cccc[n+]2CCC)C(=O)c2ccccc2)cc1Cl.[I-]. The number of halogens is 2. The first-order valence-electron chi connectivity index (χ1n) is 17.0. The molecule has 8 heteroatoms. The van der Waals surface area contributed by atoms with Gasteiger partial charge in [-0.15, -0.1) is 0 Å². The third-order valence-corrected chi connectivity index (χ3v) is 8.21. The Bertz CT molecular complexity index is 1290. The second kappa shape index (κ2) is 23.6. The molecule has 0 bridgehead atoms. The van der Waals surface area contributed by atoms with Crippen LogP contribution in [0.25, 0.3) is 0 Å². The fourth-order valence-corrected chi connectivity index (χ4v) is 5.59. The highest BCUT2D eigenvalue weighted by Crippen LogP contribution is 2.26. The number of carbonyl (C=O) groups excluding carboxylic acids is 2. The Labute approximate surface area is 298 Å². The molecule has 0 atom stereocenters. The van der Waals surface area contributed by atoms with E-state index < -0.39 is 12.0 Å². The number of pyridine rings is 1. The summed E-state index contributed by atoms with van der Waals surface area (Å²) in [4.78, 5) is 27.9. The maximum absolute atomic E-state index is 13.4. The van der Waals surface area contributed by atoms with Crippen LogP contribution in [-0.2, 0) is 24.4 Å². The van der Waals surface area contributed by atoms with Crippen LogP contribution >= 0.6 is 11.6 Å². The van der Waals surface area contributed by atoms with Crippen LogP contribution in [0.4, 0.5) is 4.79 Å². The van der Waals surface area contributed by atoms with E-state index in [1.807, 2.05) is 47.2 Å². The highest BCUT2D eigenvalue weighted by molar-refractivity contribution is 6.32. The van der Waals surface area contributed by atoms with Gasteiger partial charge in [0.1, 0.15) is 25.4 Å². The lowest BCUT2D eigenvalue weighted by atomic mass is 10.1. The first kappa shape index (κ1) is 39.5. The van der Waals surface area contributed by atoms with E-state index >= 15 is 0 Å². The lowest BCUT2D eigenvalue weighted by Crippen LogP contribution is -3.00. The van der Waals surface area contributed by atoms with Gasteiger partial charge in [-0.1, -0.05) is 126 Å². The van der Waals surface area contributed by atoms with Crippen molar-refractivity contribution in [1.82, 2.24) is 4.90 Å². The van der Waals surface area contributed by atoms with E-state index in [1.165, 1.54) is 64.2 Å². The van der Waals surface area contributed by atoms with Crippen molar-refractivity contribution in [3.05, 3.63) is 94.8 Å². The molecule has 0 aliphatic carbocycles. The van der Waals surface area contributed by atoms with Gasteiger partial charge in [0.25, 0.3) is 5.91 Å². The number of unbranched alkanes of at least 4 members (excludes halogenated alkanes) is 11. The smallest absolute Gasteiger partial charge is 0.417 e. The number of hydrogen-bond donors (Lipinski definition) is 0. The minimum absolute atomic E-state index is 0. The number of benzene rings is 2. The fraction of sp³-hybridized carbons (Fsp3) is 0.500. The van der Waals surface area contributed by atoms with Gasteiger partial charge in [0.2, 0.25) is 5.69 Å². The van der Waals surface area contributed by atoms with E-state index in [0.29, 0.717) is 22.9 Å². The minimum atomic E-state index is -0.709. The van der Waals surface area contributed by atoms with Crippen molar-refractivity contribution in [1.29, 1.82) is 0 Å². The molecular formula is C38H52ClIN2O4. The molecule has 0 radical (unpaired) electrons. The van der Waals surface area contributed by atoms with E-state index in [0.717, 1.165) is 42.0 Å². The average Bonchev–Trinajstić information content (AvgIpc) is 3.06. The van der Waals surface area contributed by atoms with Crippen molar-refractivity contribution in [2.45, 2.75) is 117 Å². The van der Waals surface area contributed by atoms with Crippen LogP contribution in [-0.4, -0.2) is 23.5 Å². The summed E-state index contributed by atoms with van der Waals surface area (Å²) >= 11 is 6.51. The van der Waals surface area contributed by atoms with Gasteiger partial charge >= 0.3 is 6.09 Å². The van der Waals surface area contributed by atoms with Crippen LogP contribution in [0, 0.1) is 0 Å². The first-order chi connectivity index (χ1) is 22.0. The number of rotatable bonds is 21. The summed E-state index contributed by atoms with van der Waals surface area (Å²) < 4.78 is 13.6. The van der Waals surface area contributed by atoms with E-state index in [9.17, 15) is 9.59 Å². The molecule has 2 aromatic carbocycles. The summed E-state index contributed by atoms with van der Waals surface area (Å²) in [6.45, 7) is 5.84. The molecule has 2 amide bonds. The molecule has 0 spiro atoms. The molecule has 252 valence electrons. The number of ether oxygens (including phenoxy) is 2. The van der Waals surface area contributed by atoms with Crippen molar-refractivity contribution in [3.8, 4) is 5.75 Å². The van der Waals surface area contributed by atoms with Gasteiger partial charge in [-0.05, 0) is 36.2 Å². The Kier molecular flexibility index (Phi) is 20.3. The van der Waals surface area contributed by atoms with Crippen molar-refractivity contribution in [2.24, 2.45) is 0 Å². The predicted molar refractivity (Wildman–Crippen MR) is 181 cm³/mol. The Hall–Kier alpha value is -2.65. The maximum atomic E-state index is 13.4. The molecule has 1 heterocycles. The van der Waals surface area contributed by atoms with Gasteiger partial charge in [0, 0.05) is 24.1 Å². The van der Waals surface area contributed by atoms with E-state index in [-0.39, 0.29) is 37.1 Å². The lowest BCUT2D eigenvalue weighted by Gasteiger charge is -2.20. The number of nitrogens with zero attached hydrogens (tertiary/aromatic N) is 2. The normalized spacial score (nSPS) is 10.7. The molecule has 6 nitrogen and oxygen atoms in total. The molecule has 0 aliphatic rings. The molecule has 0 unspecified atom stereocenters. The van der Waals surface area contributed by atoms with Crippen molar-refractivity contribution < 1.29 is 47.6 Å². The minimum Gasteiger partial charge on any atom is -1.00 e. The highest BCUT2D eigenvalue weighted by atomic mass is 127. The van der Waals surface area contributed by atoms with Crippen LogP contribution in [0.15, 0.2) is 72.9 Å². The summed E-state index contributed by atoms with van der Waals surface area (Å²) in [5.74, 6) is 0.215. The molecule has 0 saturated carbocycles. The van der Waals surface area contributed by atoms with Gasteiger partial charge in [-0.25, -0.2) is 14.3 Å². The molecule has 0 N–H and O–H groups in total. The van der Waals surface area contributed by atoms with Gasteiger partial charge in [0.05, 0.1) is 11.6 Å². The van der Waals surface area contributed by atoms with E-state index in [1.54, 1.807) is 30.3 Å². The molecule has 3 rings (SSSR count). The van der Waals surface area contributed by atoms with Crippen LogP contribution in [0.1, 0.15) is 119 Å². The molecule has 3 aromatic rings. The summed E-state index contributed by atoms with van der Waals surface area (Å²) in [6.07, 6.45) is 17.8. The second-order valence-electron chi connectivity index (χ2n) is 11.7. The lowest BCUT2D eigenvalue weighted by molar-refractivity contribution is -0.704. The van der Waals surface area contributed by atoms with Crippen LogP contribution in [0.5, 0.6) is 5.75 Å². The predicted octanol–water partition coefficient (Wildman–Crippen LogP) is 7.10. The molecule has 1 aromatic heterocycles. The number of hydrogen-bond acceptors (Lipinski definition) is 4. The van der Waals surface area contributed by atoms with Crippen molar-refractivity contribution in [3.63, 3.8) is 0 Å². The Morgan fingerprint density at radius 2 is 1.39 bits per heavy atom. The summed E-state index contributed by atoms with van der Waals surface area (Å²) in [7, 11) is 0. The standard InChI is InChI=1S/C38H52ClN2O4.HI/c1-3-5-6-7-8-9-10-11-12-13-14-20-28-44-36-25-24-32(29-35(36)39)31-45-38(43)41(37(42)33-21-16-15-17-22-33)30-34-23-18-19-27-40(34)26-4-2;/h15-19,21-25,27,29H,3-14,20,26,28,30-31H2,1-2H3;1H/q+1;/p-1. The third kappa shape index (κ3) is 14.4. The topological polar surface area (TPSA) is 59.7 Å². The van der Waals surface area contributed by atoms with E-state index in [2.05, 4.69) is 13.8 Å². The van der Waals surface area contributed by atoms with Crippen molar-refractivity contribution in [2.75, 3.05) is 6.61 Å². The fourth-order valence-electron chi connectivity index (χ4n) is 5.33. The van der Waals surface area contributed by atoms with Gasteiger partial charge < -0.3 is 33.5 Å². The number of aromatic nitrogens is 1. The summed E-state index contributed by atoms with van der Waals surface area (Å²) in [6, 6.07) is 20.0. The second-order valence-corrected chi connectivity index (χ2v) is 12.1. The largest absolute Gasteiger partial charge is 1.00 e. The number of aryl methyl sites for hydroxylation is 1. The number of imide groups is 1. The number of carbonyl (C=O) groups is 2. The summed E-state index contributed by atoms with van der Waals surface area (Å²) in [5, 5.41) is 0.476. The maximum Gasteiger partial charge on any atom is 0.417 e. The first-order valence-corrected chi connectivity index (χ1v) is 17.3. The van der Waals surface area contributed by atoms with Crippen LogP contribution in [0.2, 0.25) is 5.02 Å². The van der Waals surface area contributed by atoms with E-state index in [4.69, 9.17) is 21.1 Å². The molecule has 0 aliphatic heterocycles. The van der Waals surface area contributed by atoms with Crippen molar-refractivity contribution >= 4 is 23.6 Å². The highest BCUT2D eigenvalue weighted by Gasteiger charge is 2.28. The quantitative estimate of drug-likeness (QED) is 0.0661. The van der Waals surface area contributed by atoms with Crippen LogP contribution < -0.4 is 33.3 Å².